The molecule has 9 heteroatoms. The second-order valence-corrected chi connectivity index (χ2v) is 7.32. The molecule has 0 aliphatic carbocycles. The zero-order chi connectivity index (χ0) is 20.0. The molecule has 2 aromatic rings. The van der Waals surface area contributed by atoms with Crippen LogP contribution in [-0.2, 0) is 14.6 Å². The van der Waals surface area contributed by atoms with E-state index in [1.165, 1.54) is 18.2 Å². The summed E-state index contributed by atoms with van der Waals surface area (Å²) in [4.78, 5) is 11.0. The van der Waals surface area contributed by atoms with Crippen LogP contribution in [0.2, 0.25) is 0 Å². The molecule has 0 amide bonds. The zero-order valence-electron chi connectivity index (χ0n) is 14.3. The monoisotopic (exact) mass is 387 g/mol. The summed E-state index contributed by atoms with van der Waals surface area (Å²) < 4.78 is 29.3. The predicted molar refractivity (Wildman–Crippen MR) is 98.8 cm³/mol. The summed E-state index contributed by atoms with van der Waals surface area (Å²) in [5.74, 6) is 9.18. The third-order valence-corrected chi connectivity index (χ3v) is 4.45. The Morgan fingerprint density at radius 2 is 1.81 bits per heavy atom. The molecule has 140 valence electrons. The van der Waals surface area contributed by atoms with Gasteiger partial charge in [-0.1, -0.05) is 30.0 Å². The summed E-state index contributed by atoms with van der Waals surface area (Å²) in [7, 11) is -3.55. The van der Waals surface area contributed by atoms with Crippen molar-refractivity contribution in [3.63, 3.8) is 0 Å². The smallest absolute Gasteiger partial charge is 0.357 e. The summed E-state index contributed by atoms with van der Waals surface area (Å²) in [5.41, 5.74) is 7.67. The van der Waals surface area contributed by atoms with Crippen LogP contribution in [0.3, 0.4) is 0 Å². The van der Waals surface area contributed by atoms with Crippen molar-refractivity contribution in [1.82, 2.24) is 5.43 Å². The summed E-state index contributed by atoms with van der Waals surface area (Å²) in [6, 6.07) is 13.0. The van der Waals surface area contributed by atoms with Crippen molar-refractivity contribution in [1.29, 1.82) is 0 Å². The van der Waals surface area contributed by atoms with Crippen LogP contribution in [0, 0.1) is 11.8 Å². The van der Waals surface area contributed by atoms with Crippen LogP contribution in [0.4, 0.5) is 0 Å². The van der Waals surface area contributed by atoms with Gasteiger partial charge in [0.2, 0.25) is 5.88 Å². The van der Waals surface area contributed by atoms with Crippen molar-refractivity contribution in [3.8, 4) is 17.6 Å². The topological polar surface area (TPSA) is 145 Å². The van der Waals surface area contributed by atoms with Gasteiger partial charge in [-0.3, -0.25) is 5.43 Å². The Kier molecular flexibility index (Phi) is 6.07. The molecule has 0 spiro atoms. The molecule has 0 radical (unpaired) electrons. The van der Waals surface area contributed by atoms with Gasteiger partial charge in [-0.25, -0.2) is 19.1 Å². The first-order valence-electron chi connectivity index (χ1n) is 7.51. The van der Waals surface area contributed by atoms with Crippen LogP contribution in [0.15, 0.2) is 65.0 Å². The number of hydrogen-bond donors (Lipinski definition) is 4. The minimum atomic E-state index is -3.55. The number of hydrogen-bond acceptors (Lipinski definition) is 7. The van der Waals surface area contributed by atoms with Gasteiger partial charge in [-0.2, -0.15) is 0 Å². The number of carboxylic acid groups (broad SMARTS) is 1. The molecule has 0 aliphatic heterocycles. The molecular weight excluding hydrogens is 370 g/mol. The Morgan fingerprint density at radius 1 is 1.15 bits per heavy atom. The fraction of sp³-hybridized carbons (Fsp3) is 0.0556. The van der Waals surface area contributed by atoms with E-state index in [1.54, 1.807) is 24.3 Å². The molecule has 0 unspecified atom stereocenters. The molecule has 0 aromatic heterocycles. The number of sulfone groups is 1. The molecule has 0 saturated carbocycles. The normalized spacial score (nSPS) is 11.6. The van der Waals surface area contributed by atoms with Gasteiger partial charge in [0.1, 0.15) is 5.75 Å². The van der Waals surface area contributed by atoms with Crippen molar-refractivity contribution in [2.75, 3.05) is 6.26 Å². The number of rotatable bonds is 5. The maximum absolute atomic E-state index is 12.0. The van der Waals surface area contributed by atoms with Crippen molar-refractivity contribution in [2.45, 2.75) is 4.90 Å². The van der Waals surface area contributed by atoms with Gasteiger partial charge in [0, 0.05) is 17.4 Å². The summed E-state index contributed by atoms with van der Waals surface area (Å²) in [6.45, 7) is 0. The number of nitrogens with two attached hydrogens (primary N) is 2. The van der Waals surface area contributed by atoms with E-state index in [1.807, 2.05) is 6.07 Å². The molecule has 2 rings (SSSR count). The minimum absolute atomic E-state index is 0.00993. The molecule has 8 nitrogen and oxygen atoms in total. The van der Waals surface area contributed by atoms with Crippen LogP contribution in [0.25, 0.3) is 0 Å². The highest BCUT2D eigenvalue weighted by Crippen LogP contribution is 2.23. The molecule has 27 heavy (non-hydrogen) atoms. The minimum Gasteiger partial charge on any atom is -0.476 e. The lowest BCUT2D eigenvalue weighted by Gasteiger charge is -2.12. The Hall–Kier alpha value is -3.48. The predicted octanol–water partition coefficient (Wildman–Crippen LogP) is 0.544. The van der Waals surface area contributed by atoms with Crippen molar-refractivity contribution in [2.24, 2.45) is 11.6 Å². The highest BCUT2D eigenvalue weighted by Gasteiger charge is 2.16. The largest absolute Gasteiger partial charge is 0.476 e. The maximum Gasteiger partial charge on any atom is 0.357 e. The Bertz CT molecular complexity index is 1050. The van der Waals surface area contributed by atoms with Crippen LogP contribution in [0.5, 0.6) is 5.75 Å². The molecule has 0 aliphatic rings. The number of nitrogens with one attached hydrogen (secondary N) is 1. The number of carboxylic acids is 1. The van der Waals surface area contributed by atoms with Crippen LogP contribution >= 0.6 is 0 Å². The van der Waals surface area contributed by atoms with Crippen LogP contribution < -0.4 is 21.7 Å². The third kappa shape index (κ3) is 5.24. The number of hydrazine groups is 1. The SMILES string of the molecule is CS(=O)(=O)c1ccc(O/C(NN)=C(/N)C(=O)O)cc1C#Cc1ccccc1. The van der Waals surface area contributed by atoms with E-state index >= 15 is 0 Å². The first kappa shape index (κ1) is 19.8. The van der Waals surface area contributed by atoms with E-state index in [-0.39, 0.29) is 16.2 Å². The molecular formula is C18H17N3O5S. The lowest BCUT2D eigenvalue weighted by atomic mass is 10.2. The van der Waals surface area contributed by atoms with Crippen molar-refractivity contribution >= 4 is 15.8 Å². The second kappa shape index (κ2) is 8.27. The average molecular weight is 387 g/mol. The molecule has 2 aromatic carbocycles. The summed E-state index contributed by atoms with van der Waals surface area (Å²) in [5, 5.41) is 8.92. The maximum atomic E-state index is 12.0. The summed E-state index contributed by atoms with van der Waals surface area (Å²) in [6.07, 6.45) is 1.06. The summed E-state index contributed by atoms with van der Waals surface area (Å²) >= 11 is 0. The van der Waals surface area contributed by atoms with E-state index in [9.17, 15) is 13.2 Å². The molecule has 0 fully saturated rings. The van der Waals surface area contributed by atoms with Crippen LogP contribution in [0.1, 0.15) is 11.1 Å². The number of ether oxygens (including phenoxy) is 1. The van der Waals surface area contributed by atoms with E-state index < -0.39 is 27.4 Å². The van der Waals surface area contributed by atoms with Crippen LogP contribution in [-0.4, -0.2) is 25.7 Å². The fourth-order valence-electron chi connectivity index (χ4n) is 2.03. The van der Waals surface area contributed by atoms with Crippen molar-refractivity contribution < 1.29 is 23.1 Å². The van der Waals surface area contributed by atoms with Gasteiger partial charge >= 0.3 is 5.97 Å². The van der Waals surface area contributed by atoms with Gasteiger partial charge in [-0.15, -0.1) is 0 Å². The Morgan fingerprint density at radius 3 is 2.37 bits per heavy atom. The highest BCUT2D eigenvalue weighted by atomic mass is 32.2. The van der Waals surface area contributed by atoms with Gasteiger partial charge < -0.3 is 15.6 Å². The van der Waals surface area contributed by atoms with Gasteiger partial charge in [-0.05, 0) is 30.3 Å². The van der Waals surface area contributed by atoms with Gasteiger partial charge in [0.05, 0.1) is 4.90 Å². The standard InChI is InChI=1S/C18H17N3O5S/c1-27(24,25)15-10-9-14(26-17(21-20)16(19)18(22)23)11-13(15)8-7-12-5-3-2-4-6-12/h2-6,9-11,21H,19-20H2,1H3,(H,22,23)/b17-16+. The number of benzene rings is 2. The van der Waals surface area contributed by atoms with Gasteiger partial charge in [0.25, 0.3) is 0 Å². The Labute approximate surface area is 156 Å². The van der Waals surface area contributed by atoms with E-state index in [0.717, 1.165) is 6.26 Å². The average Bonchev–Trinajstić information content (AvgIpc) is 2.63. The highest BCUT2D eigenvalue weighted by molar-refractivity contribution is 7.90. The first-order chi connectivity index (χ1) is 12.7. The van der Waals surface area contributed by atoms with E-state index in [0.29, 0.717) is 5.56 Å². The lowest BCUT2D eigenvalue weighted by Crippen LogP contribution is -2.31. The van der Waals surface area contributed by atoms with Gasteiger partial charge in [0.15, 0.2) is 15.5 Å². The molecule has 0 heterocycles. The van der Waals surface area contributed by atoms with E-state index in [2.05, 4.69) is 17.3 Å². The number of aliphatic carboxylic acids is 1. The molecule has 0 atom stereocenters. The molecule has 6 N–H and O–H groups in total. The Balaban J connectivity index is 2.51. The lowest BCUT2D eigenvalue weighted by molar-refractivity contribution is -0.132. The molecule has 0 saturated heterocycles. The number of carbonyl (C=O) groups is 1. The third-order valence-electron chi connectivity index (χ3n) is 3.29. The fourth-order valence-corrected chi connectivity index (χ4v) is 2.86. The zero-order valence-corrected chi connectivity index (χ0v) is 15.1. The van der Waals surface area contributed by atoms with Crippen molar-refractivity contribution in [3.05, 3.63) is 71.2 Å². The second-order valence-electron chi connectivity index (χ2n) is 5.34. The first-order valence-corrected chi connectivity index (χ1v) is 9.40. The quantitative estimate of drug-likeness (QED) is 0.191. The van der Waals surface area contributed by atoms with E-state index in [4.69, 9.17) is 21.4 Å². The molecule has 0 bridgehead atoms.